The van der Waals surface area contributed by atoms with E-state index in [1.807, 2.05) is 19.1 Å². The summed E-state index contributed by atoms with van der Waals surface area (Å²) in [4.78, 5) is 23.4. The number of nitrogens with zero attached hydrogens (tertiary/aromatic N) is 2. The first-order valence-corrected chi connectivity index (χ1v) is 6.88. The number of aromatic amines is 1. The van der Waals surface area contributed by atoms with Crippen LogP contribution in [-0.2, 0) is 0 Å². The van der Waals surface area contributed by atoms with Crippen molar-refractivity contribution < 1.29 is 4.79 Å². The van der Waals surface area contributed by atoms with Crippen molar-refractivity contribution in [2.75, 3.05) is 5.32 Å². The second kappa shape index (κ2) is 5.35. The number of aryl methyl sites for hydroxylation is 1. The summed E-state index contributed by atoms with van der Waals surface area (Å²) in [5.74, 6) is 0.471. The van der Waals surface area contributed by atoms with Gasteiger partial charge in [-0.2, -0.15) is 0 Å². The lowest BCUT2D eigenvalue weighted by Crippen LogP contribution is -2.12. The molecule has 5 nitrogen and oxygen atoms in total. The third-order valence-corrected chi connectivity index (χ3v) is 3.42. The highest BCUT2D eigenvalue weighted by Crippen LogP contribution is 2.20. The molecule has 0 aliphatic carbocycles. The van der Waals surface area contributed by atoms with E-state index in [0.29, 0.717) is 5.69 Å². The summed E-state index contributed by atoms with van der Waals surface area (Å²) in [5.41, 5.74) is 2.60. The molecular formula is C14H10Cl2N4O. The first kappa shape index (κ1) is 13.9. The van der Waals surface area contributed by atoms with Crippen LogP contribution in [0.1, 0.15) is 16.2 Å². The van der Waals surface area contributed by atoms with Gasteiger partial charge in [0.25, 0.3) is 5.91 Å². The van der Waals surface area contributed by atoms with Gasteiger partial charge in [0.15, 0.2) is 0 Å². The van der Waals surface area contributed by atoms with Gasteiger partial charge in [-0.25, -0.2) is 9.97 Å². The number of amides is 1. The van der Waals surface area contributed by atoms with Crippen molar-refractivity contribution >= 4 is 45.8 Å². The van der Waals surface area contributed by atoms with Crippen LogP contribution in [0.3, 0.4) is 0 Å². The Labute approximate surface area is 130 Å². The van der Waals surface area contributed by atoms with Crippen LogP contribution in [-0.4, -0.2) is 20.9 Å². The minimum atomic E-state index is -0.347. The summed E-state index contributed by atoms with van der Waals surface area (Å²) in [6.07, 6.45) is 0. The van der Waals surface area contributed by atoms with E-state index >= 15 is 0 Å². The van der Waals surface area contributed by atoms with E-state index in [0.717, 1.165) is 16.9 Å². The largest absolute Gasteiger partial charge is 0.342 e. The summed E-state index contributed by atoms with van der Waals surface area (Å²) in [5, 5.41) is 3.08. The molecule has 2 N–H and O–H groups in total. The summed E-state index contributed by atoms with van der Waals surface area (Å²) in [6.45, 7) is 1.87. The van der Waals surface area contributed by atoms with Crippen LogP contribution in [0.5, 0.6) is 0 Å². The van der Waals surface area contributed by atoms with Gasteiger partial charge in [-0.1, -0.05) is 23.2 Å². The van der Waals surface area contributed by atoms with Gasteiger partial charge in [0.05, 0.1) is 16.6 Å². The number of hydrogen-bond donors (Lipinski definition) is 2. The first-order chi connectivity index (χ1) is 10.0. The Morgan fingerprint density at radius 2 is 2.00 bits per heavy atom. The smallest absolute Gasteiger partial charge is 0.258 e. The van der Waals surface area contributed by atoms with Gasteiger partial charge in [0, 0.05) is 5.69 Å². The zero-order valence-corrected chi connectivity index (χ0v) is 12.5. The normalized spacial score (nSPS) is 10.8. The Morgan fingerprint density at radius 3 is 2.76 bits per heavy atom. The van der Waals surface area contributed by atoms with Gasteiger partial charge >= 0.3 is 0 Å². The maximum Gasteiger partial charge on any atom is 0.258 e. The van der Waals surface area contributed by atoms with Crippen molar-refractivity contribution in [3.8, 4) is 0 Å². The van der Waals surface area contributed by atoms with Crippen molar-refractivity contribution in [3.63, 3.8) is 0 Å². The average molecular weight is 321 g/mol. The molecule has 2 aromatic heterocycles. The molecule has 1 aromatic carbocycles. The molecule has 0 aliphatic rings. The lowest BCUT2D eigenvalue weighted by molar-refractivity contribution is 0.102. The molecule has 0 aliphatic heterocycles. The quantitative estimate of drug-likeness (QED) is 0.705. The molecule has 1 amide bonds. The number of hydrogen-bond acceptors (Lipinski definition) is 3. The number of nitrogens with one attached hydrogen (secondary N) is 2. The molecule has 0 spiro atoms. The van der Waals surface area contributed by atoms with Crippen LogP contribution in [0.25, 0.3) is 11.0 Å². The van der Waals surface area contributed by atoms with E-state index in [1.54, 1.807) is 6.07 Å². The molecular weight excluding hydrogens is 311 g/mol. The number of halogens is 2. The van der Waals surface area contributed by atoms with Crippen LogP contribution in [0.2, 0.25) is 10.3 Å². The number of carbonyl (C=O) groups excluding carboxylic acids is 1. The molecule has 0 atom stereocenters. The summed E-state index contributed by atoms with van der Waals surface area (Å²) in [7, 11) is 0. The number of benzene rings is 1. The lowest BCUT2D eigenvalue weighted by atomic mass is 10.2. The minimum absolute atomic E-state index is 0.0680. The maximum absolute atomic E-state index is 12.2. The van der Waals surface area contributed by atoms with E-state index in [4.69, 9.17) is 23.2 Å². The lowest BCUT2D eigenvalue weighted by Gasteiger charge is -2.06. The highest BCUT2D eigenvalue weighted by molar-refractivity contribution is 6.35. The molecule has 2 heterocycles. The molecule has 0 bridgehead atoms. The monoisotopic (exact) mass is 320 g/mol. The molecule has 0 saturated heterocycles. The van der Waals surface area contributed by atoms with Crippen LogP contribution in [0.4, 0.5) is 5.69 Å². The second-order valence-corrected chi connectivity index (χ2v) is 5.23. The molecule has 7 heteroatoms. The Hall–Kier alpha value is -2.11. The first-order valence-electron chi connectivity index (χ1n) is 6.13. The number of H-pyrrole nitrogens is 1. The predicted molar refractivity (Wildman–Crippen MR) is 83.0 cm³/mol. The number of aromatic nitrogens is 3. The molecule has 3 rings (SSSR count). The van der Waals surface area contributed by atoms with E-state index in [1.165, 1.54) is 12.1 Å². The molecule has 106 valence electrons. The summed E-state index contributed by atoms with van der Waals surface area (Å²) in [6, 6.07) is 8.47. The summed E-state index contributed by atoms with van der Waals surface area (Å²) < 4.78 is 0. The van der Waals surface area contributed by atoms with E-state index in [9.17, 15) is 4.79 Å². The molecule has 0 unspecified atom stereocenters. The van der Waals surface area contributed by atoms with Crippen LogP contribution >= 0.6 is 23.2 Å². The fraction of sp³-hybridized carbons (Fsp3) is 0.0714. The zero-order chi connectivity index (χ0) is 15.0. The Morgan fingerprint density at radius 1 is 1.19 bits per heavy atom. The molecule has 0 fully saturated rings. The SMILES string of the molecule is Cc1nc2ccc(NC(=O)c3ccc(Cl)nc3Cl)cc2[nH]1. The average Bonchev–Trinajstić information content (AvgIpc) is 2.77. The van der Waals surface area contributed by atoms with Gasteiger partial charge < -0.3 is 10.3 Å². The van der Waals surface area contributed by atoms with Gasteiger partial charge in [0.2, 0.25) is 0 Å². The second-order valence-electron chi connectivity index (χ2n) is 4.48. The standard InChI is InChI=1S/C14H10Cl2N4O/c1-7-17-10-4-2-8(6-11(10)18-7)19-14(21)9-3-5-12(15)20-13(9)16/h2-6H,1H3,(H,17,18)(H,19,21). The van der Waals surface area contributed by atoms with Crippen molar-refractivity contribution in [3.05, 3.63) is 52.0 Å². The van der Waals surface area contributed by atoms with Gasteiger partial charge in [-0.15, -0.1) is 0 Å². The number of carbonyl (C=O) groups is 1. The Balaban J connectivity index is 1.88. The van der Waals surface area contributed by atoms with Crippen molar-refractivity contribution in [1.29, 1.82) is 0 Å². The Kier molecular flexibility index (Phi) is 3.53. The number of anilines is 1. The van der Waals surface area contributed by atoms with E-state index < -0.39 is 0 Å². The number of imidazole rings is 1. The van der Waals surface area contributed by atoms with E-state index in [-0.39, 0.29) is 21.8 Å². The fourth-order valence-corrected chi connectivity index (χ4v) is 2.43. The van der Waals surface area contributed by atoms with Gasteiger partial charge in [-0.3, -0.25) is 4.79 Å². The maximum atomic E-state index is 12.2. The minimum Gasteiger partial charge on any atom is -0.342 e. The van der Waals surface area contributed by atoms with Crippen molar-refractivity contribution in [2.24, 2.45) is 0 Å². The van der Waals surface area contributed by atoms with Crippen LogP contribution in [0, 0.1) is 6.92 Å². The van der Waals surface area contributed by atoms with Crippen LogP contribution in [0.15, 0.2) is 30.3 Å². The zero-order valence-electron chi connectivity index (χ0n) is 10.9. The van der Waals surface area contributed by atoms with Gasteiger partial charge in [0.1, 0.15) is 16.1 Å². The Bertz CT molecular complexity index is 844. The number of fused-ring (bicyclic) bond motifs is 1. The van der Waals surface area contributed by atoms with Crippen molar-refractivity contribution in [2.45, 2.75) is 6.92 Å². The predicted octanol–water partition coefficient (Wildman–Crippen LogP) is 3.83. The third kappa shape index (κ3) is 2.84. The molecule has 3 aromatic rings. The highest BCUT2D eigenvalue weighted by atomic mass is 35.5. The third-order valence-electron chi connectivity index (χ3n) is 2.92. The number of pyridine rings is 1. The van der Waals surface area contributed by atoms with Crippen LogP contribution < -0.4 is 5.32 Å². The molecule has 0 saturated carbocycles. The topological polar surface area (TPSA) is 70.7 Å². The fourth-order valence-electron chi connectivity index (χ4n) is 1.99. The molecule has 21 heavy (non-hydrogen) atoms. The van der Waals surface area contributed by atoms with E-state index in [2.05, 4.69) is 20.3 Å². The van der Waals surface area contributed by atoms with Crippen molar-refractivity contribution in [1.82, 2.24) is 15.0 Å². The summed E-state index contributed by atoms with van der Waals surface area (Å²) >= 11 is 11.6. The number of rotatable bonds is 2. The molecule has 0 radical (unpaired) electrons. The van der Waals surface area contributed by atoms with Gasteiger partial charge in [-0.05, 0) is 37.3 Å². The highest BCUT2D eigenvalue weighted by Gasteiger charge is 2.12.